The van der Waals surface area contributed by atoms with Crippen LogP contribution in [0.2, 0.25) is 5.02 Å². The van der Waals surface area contributed by atoms with E-state index in [1.807, 2.05) is 62.4 Å². The van der Waals surface area contributed by atoms with Crippen molar-refractivity contribution in [3.63, 3.8) is 0 Å². The number of hydrogen-bond donors (Lipinski definition) is 1. The first kappa shape index (κ1) is 17.6. The van der Waals surface area contributed by atoms with Crippen LogP contribution >= 0.6 is 22.9 Å². The van der Waals surface area contributed by atoms with E-state index in [0.29, 0.717) is 18.0 Å². The molecule has 5 heteroatoms. The highest BCUT2D eigenvalue weighted by Gasteiger charge is 2.13. The van der Waals surface area contributed by atoms with E-state index in [4.69, 9.17) is 11.6 Å². The number of nitrogens with zero attached hydrogens (tertiary/aromatic N) is 1. The Hall–Kier alpha value is -2.17. The fourth-order valence-corrected chi connectivity index (χ4v) is 3.89. The quantitative estimate of drug-likeness (QED) is 0.691. The summed E-state index contributed by atoms with van der Waals surface area (Å²) in [5, 5.41) is 4.56. The van der Waals surface area contributed by atoms with Crippen LogP contribution in [0.25, 0.3) is 10.6 Å². The molecule has 3 nitrogen and oxygen atoms in total. The highest BCUT2D eigenvalue weighted by atomic mass is 35.5. The van der Waals surface area contributed by atoms with Gasteiger partial charge >= 0.3 is 0 Å². The SMILES string of the molecule is Cc1ccccc1CC(=O)NCc1sc(-c2ccccc2Cl)nc1C. The lowest BCUT2D eigenvalue weighted by molar-refractivity contribution is -0.120. The van der Waals surface area contributed by atoms with Gasteiger partial charge in [0.15, 0.2) is 0 Å². The Bertz CT molecular complexity index is 904. The van der Waals surface area contributed by atoms with Crippen molar-refractivity contribution in [1.29, 1.82) is 0 Å². The number of aromatic nitrogens is 1. The molecule has 3 aromatic rings. The molecule has 0 fully saturated rings. The molecule has 128 valence electrons. The lowest BCUT2D eigenvalue weighted by atomic mass is 10.1. The number of carbonyl (C=O) groups excluding carboxylic acids is 1. The zero-order chi connectivity index (χ0) is 17.8. The first-order valence-electron chi connectivity index (χ1n) is 8.07. The summed E-state index contributed by atoms with van der Waals surface area (Å²) in [5.74, 6) is 0.0152. The predicted octanol–water partition coefficient (Wildman–Crippen LogP) is 4.94. The van der Waals surface area contributed by atoms with Crippen LogP contribution in [-0.2, 0) is 17.8 Å². The van der Waals surface area contributed by atoms with Gasteiger partial charge in [-0.05, 0) is 31.0 Å². The van der Waals surface area contributed by atoms with Crippen molar-refractivity contribution in [1.82, 2.24) is 10.3 Å². The smallest absolute Gasteiger partial charge is 0.224 e. The average molecular weight is 371 g/mol. The van der Waals surface area contributed by atoms with Crippen LogP contribution in [0.3, 0.4) is 0 Å². The molecule has 3 rings (SSSR count). The molecule has 0 atom stereocenters. The number of aryl methyl sites for hydroxylation is 2. The van der Waals surface area contributed by atoms with Gasteiger partial charge in [-0.3, -0.25) is 4.79 Å². The summed E-state index contributed by atoms with van der Waals surface area (Å²) in [7, 11) is 0. The molecule has 0 aliphatic rings. The minimum absolute atomic E-state index is 0.0152. The van der Waals surface area contributed by atoms with E-state index in [0.717, 1.165) is 32.3 Å². The fraction of sp³-hybridized carbons (Fsp3) is 0.200. The molecule has 0 spiro atoms. The third-order valence-electron chi connectivity index (χ3n) is 4.06. The van der Waals surface area contributed by atoms with Gasteiger partial charge in [-0.2, -0.15) is 0 Å². The van der Waals surface area contributed by atoms with Crippen molar-refractivity contribution in [2.75, 3.05) is 0 Å². The van der Waals surface area contributed by atoms with Gasteiger partial charge in [0.2, 0.25) is 5.91 Å². The Morgan fingerprint density at radius 2 is 1.84 bits per heavy atom. The normalized spacial score (nSPS) is 10.7. The Morgan fingerprint density at radius 1 is 1.12 bits per heavy atom. The van der Waals surface area contributed by atoms with Crippen LogP contribution in [0.15, 0.2) is 48.5 Å². The molecule has 0 saturated heterocycles. The van der Waals surface area contributed by atoms with Gasteiger partial charge in [-0.15, -0.1) is 11.3 Å². The molecular formula is C20H19ClN2OS. The lowest BCUT2D eigenvalue weighted by Gasteiger charge is -2.06. The van der Waals surface area contributed by atoms with E-state index < -0.39 is 0 Å². The summed E-state index contributed by atoms with van der Waals surface area (Å²) in [4.78, 5) is 17.9. The highest BCUT2D eigenvalue weighted by Crippen LogP contribution is 2.32. The summed E-state index contributed by atoms with van der Waals surface area (Å²) in [5.41, 5.74) is 4.04. The summed E-state index contributed by atoms with van der Waals surface area (Å²) in [6.07, 6.45) is 0.391. The zero-order valence-corrected chi connectivity index (χ0v) is 15.7. The van der Waals surface area contributed by atoms with Crippen LogP contribution in [0.1, 0.15) is 21.7 Å². The maximum atomic E-state index is 12.2. The van der Waals surface area contributed by atoms with Crippen molar-refractivity contribution in [3.8, 4) is 10.6 Å². The van der Waals surface area contributed by atoms with Crippen molar-refractivity contribution in [2.45, 2.75) is 26.8 Å². The first-order valence-corrected chi connectivity index (χ1v) is 9.26. The third kappa shape index (κ3) is 4.27. The molecule has 0 radical (unpaired) electrons. The molecule has 0 bridgehead atoms. The van der Waals surface area contributed by atoms with Gasteiger partial charge in [0.05, 0.1) is 23.7 Å². The van der Waals surface area contributed by atoms with E-state index in [1.54, 1.807) is 11.3 Å². The molecule has 0 aliphatic heterocycles. The van der Waals surface area contributed by atoms with Crippen LogP contribution < -0.4 is 5.32 Å². The van der Waals surface area contributed by atoms with Crippen LogP contribution in [0.5, 0.6) is 0 Å². The number of carbonyl (C=O) groups is 1. The number of hydrogen-bond acceptors (Lipinski definition) is 3. The molecule has 0 aliphatic carbocycles. The second-order valence-electron chi connectivity index (χ2n) is 5.89. The summed E-state index contributed by atoms with van der Waals surface area (Å²) < 4.78 is 0. The Morgan fingerprint density at radius 3 is 2.60 bits per heavy atom. The molecular weight excluding hydrogens is 352 g/mol. The van der Waals surface area contributed by atoms with E-state index in [2.05, 4.69) is 10.3 Å². The number of amides is 1. The largest absolute Gasteiger partial charge is 0.351 e. The van der Waals surface area contributed by atoms with Crippen molar-refractivity contribution < 1.29 is 4.79 Å². The third-order valence-corrected chi connectivity index (χ3v) is 5.58. The maximum Gasteiger partial charge on any atom is 0.224 e. The number of nitrogens with one attached hydrogen (secondary N) is 1. The van der Waals surface area contributed by atoms with E-state index in [1.165, 1.54) is 0 Å². The molecule has 0 saturated carbocycles. The molecule has 0 unspecified atom stereocenters. The summed E-state index contributed by atoms with van der Waals surface area (Å²) in [6.45, 7) is 4.46. The molecule has 1 amide bonds. The van der Waals surface area contributed by atoms with Gasteiger partial charge in [0.1, 0.15) is 5.01 Å². The number of benzene rings is 2. The van der Waals surface area contributed by atoms with Crippen molar-refractivity contribution in [3.05, 3.63) is 75.3 Å². The van der Waals surface area contributed by atoms with Gasteiger partial charge in [-0.25, -0.2) is 4.98 Å². The van der Waals surface area contributed by atoms with Crippen LogP contribution in [0.4, 0.5) is 0 Å². The van der Waals surface area contributed by atoms with Gasteiger partial charge in [-0.1, -0.05) is 54.1 Å². The van der Waals surface area contributed by atoms with Gasteiger partial charge < -0.3 is 5.32 Å². The van der Waals surface area contributed by atoms with E-state index in [9.17, 15) is 4.79 Å². The highest BCUT2D eigenvalue weighted by molar-refractivity contribution is 7.15. The Kier molecular flexibility index (Phi) is 5.51. The Balaban J connectivity index is 1.67. The van der Waals surface area contributed by atoms with Crippen LogP contribution in [-0.4, -0.2) is 10.9 Å². The zero-order valence-electron chi connectivity index (χ0n) is 14.2. The Labute approximate surface area is 156 Å². The van der Waals surface area contributed by atoms with Gasteiger partial charge in [0, 0.05) is 10.4 Å². The lowest BCUT2D eigenvalue weighted by Crippen LogP contribution is -2.24. The standard InChI is InChI=1S/C20H19ClN2OS/c1-13-7-3-4-8-15(13)11-19(24)22-12-18-14(2)23-20(25-18)16-9-5-6-10-17(16)21/h3-10H,11-12H2,1-2H3,(H,22,24). The van der Waals surface area contributed by atoms with E-state index >= 15 is 0 Å². The monoisotopic (exact) mass is 370 g/mol. The molecule has 1 N–H and O–H groups in total. The maximum absolute atomic E-state index is 12.2. The van der Waals surface area contributed by atoms with Crippen molar-refractivity contribution in [2.24, 2.45) is 0 Å². The van der Waals surface area contributed by atoms with Crippen molar-refractivity contribution >= 4 is 28.8 Å². The summed E-state index contributed by atoms with van der Waals surface area (Å²) in [6, 6.07) is 15.6. The van der Waals surface area contributed by atoms with Crippen LogP contribution in [0, 0.1) is 13.8 Å². The second kappa shape index (κ2) is 7.81. The molecule has 1 aromatic heterocycles. The number of thiazole rings is 1. The fourth-order valence-electron chi connectivity index (χ4n) is 2.56. The van der Waals surface area contributed by atoms with Gasteiger partial charge in [0.25, 0.3) is 0 Å². The molecule has 25 heavy (non-hydrogen) atoms. The first-order chi connectivity index (χ1) is 12.0. The predicted molar refractivity (Wildman–Crippen MR) is 104 cm³/mol. The minimum Gasteiger partial charge on any atom is -0.351 e. The number of rotatable bonds is 5. The topological polar surface area (TPSA) is 42.0 Å². The molecule has 2 aromatic carbocycles. The molecule has 1 heterocycles. The number of halogens is 1. The summed E-state index contributed by atoms with van der Waals surface area (Å²) >= 11 is 7.82. The average Bonchev–Trinajstić information content (AvgIpc) is 2.96. The minimum atomic E-state index is 0.0152. The van der Waals surface area contributed by atoms with E-state index in [-0.39, 0.29) is 5.91 Å². The second-order valence-corrected chi connectivity index (χ2v) is 7.38.